The van der Waals surface area contributed by atoms with Crippen molar-refractivity contribution in [1.29, 1.82) is 0 Å². The Bertz CT molecular complexity index is 871. The van der Waals surface area contributed by atoms with E-state index in [9.17, 15) is 4.79 Å². The number of hydrogen-bond acceptors (Lipinski definition) is 4. The number of para-hydroxylation sites is 1. The van der Waals surface area contributed by atoms with E-state index in [-0.39, 0.29) is 5.56 Å². The Hall–Kier alpha value is -2.47. The minimum atomic E-state index is -0.0590. The first kappa shape index (κ1) is 15.1. The Kier molecular flexibility index (Phi) is 4.13. The van der Waals surface area contributed by atoms with Crippen molar-refractivity contribution in [3.63, 3.8) is 0 Å². The van der Waals surface area contributed by atoms with Crippen LogP contribution in [0.4, 0.5) is 0 Å². The molecule has 4 rings (SSSR count). The minimum Gasteiger partial charge on any atom is -0.309 e. The monoisotopic (exact) mass is 323 g/mol. The molecule has 1 aliphatic rings. The van der Waals surface area contributed by atoms with Crippen LogP contribution < -0.4 is 5.56 Å². The van der Waals surface area contributed by atoms with Crippen LogP contribution in [0.1, 0.15) is 25.1 Å². The van der Waals surface area contributed by atoms with Crippen molar-refractivity contribution >= 4 is 10.9 Å². The predicted octanol–water partition coefficient (Wildman–Crippen LogP) is 2.17. The molecule has 3 heterocycles. The maximum absolute atomic E-state index is 12.3. The maximum Gasteiger partial charge on any atom is 0.258 e. The fourth-order valence-electron chi connectivity index (χ4n) is 3.50. The molecular weight excluding hydrogens is 302 g/mol. The van der Waals surface area contributed by atoms with Crippen LogP contribution in [0.5, 0.6) is 0 Å². The number of rotatable bonds is 4. The number of likely N-dealkylation sites (tertiary alicyclic amines) is 1. The third kappa shape index (κ3) is 3.10. The van der Waals surface area contributed by atoms with E-state index >= 15 is 0 Å². The van der Waals surface area contributed by atoms with Crippen LogP contribution in [0.15, 0.2) is 47.5 Å². The van der Waals surface area contributed by atoms with Gasteiger partial charge in [0.05, 0.1) is 24.0 Å². The molecule has 124 valence electrons. The van der Waals surface area contributed by atoms with Gasteiger partial charge in [0, 0.05) is 18.4 Å². The summed E-state index contributed by atoms with van der Waals surface area (Å²) in [4.78, 5) is 22.3. The van der Waals surface area contributed by atoms with Crippen molar-refractivity contribution in [2.75, 3.05) is 6.54 Å². The zero-order chi connectivity index (χ0) is 16.4. The number of fused-ring (bicyclic) bond motifs is 1. The Labute approximate surface area is 140 Å². The zero-order valence-electron chi connectivity index (χ0n) is 13.6. The second kappa shape index (κ2) is 6.57. The molecule has 0 bridgehead atoms. The van der Waals surface area contributed by atoms with Crippen LogP contribution in [-0.4, -0.2) is 37.2 Å². The summed E-state index contributed by atoms with van der Waals surface area (Å²) in [6.07, 6.45) is 7.40. The summed E-state index contributed by atoms with van der Waals surface area (Å²) < 4.78 is 1.99. The fourth-order valence-corrected chi connectivity index (χ4v) is 3.50. The van der Waals surface area contributed by atoms with Gasteiger partial charge in [0.25, 0.3) is 5.56 Å². The highest BCUT2D eigenvalue weighted by Crippen LogP contribution is 2.20. The molecule has 1 fully saturated rings. The molecule has 6 nitrogen and oxygen atoms in total. The Morgan fingerprint density at radius 3 is 3.00 bits per heavy atom. The molecule has 1 aliphatic heterocycles. The summed E-state index contributed by atoms with van der Waals surface area (Å²) in [6.45, 7) is 2.58. The number of nitrogens with one attached hydrogen (secondary N) is 1. The molecule has 0 spiro atoms. The Balaban J connectivity index is 1.57. The normalized spacial score (nSPS) is 18.9. The highest BCUT2D eigenvalue weighted by atomic mass is 16.1. The molecule has 1 unspecified atom stereocenters. The number of aromatic amines is 1. The Morgan fingerprint density at radius 2 is 2.12 bits per heavy atom. The number of benzene rings is 1. The molecule has 0 amide bonds. The van der Waals surface area contributed by atoms with Gasteiger partial charge in [-0.2, -0.15) is 5.10 Å². The van der Waals surface area contributed by atoms with Crippen molar-refractivity contribution in [3.05, 3.63) is 58.9 Å². The molecule has 1 atom stereocenters. The van der Waals surface area contributed by atoms with Crippen LogP contribution in [0, 0.1) is 0 Å². The molecule has 1 N–H and O–H groups in total. The molecule has 24 heavy (non-hydrogen) atoms. The number of aromatic nitrogens is 4. The van der Waals surface area contributed by atoms with Crippen molar-refractivity contribution in [1.82, 2.24) is 24.6 Å². The number of H-pyrrole nitrogens is 1. The third-order valence-corrected chi connectivity index (χ3v) is 4.72. The largest absolute Gasteiger partial charge is 0.309 e. The molecule has 0 saturated carbocycles. The van der Waals surface area contributed by atoms with Gasteiger partial charge in [-0.25, -0.2) is 4.98 Å². The molecule has 0 aliphatic carbocycles. The van der Waals surface area contributed by atoms with E-state index in [4.69, 9.17) is 0 Å². The van der Waals surface area contributed by atoms with Gasteiger partial charge in [-0.1, -0.05) is 18.6 Å². The van der Waals surface area contributed by atoms with Crippen molar-refractivity contribution in [2.24, 2.45) is 0 Å². The predicted molar refractivity (Wildman–Crippen MR) is 92.6 cm³/mol. The lowest BCUT2D eigenvalue weighted by molar-refractivity contribution is 0.119. The lowest BCUT2D eigenvalue weighted by atomic mass is 10.0. The molecule has 1 saturated heterocycles. The van der Waals surface area contributed by atoms with Crippen molar-refractivity contribution < 1.29 is 0 Å². The van der Waals surface area contributed by atoms with E-state index in [0.29, 0.717) is 18.0 Å². The van der Waals surface area contributed by atoms with E-state index in [1.165, 1.54) is 12.8 Å². The average Bonchev–Trinajstić information content (AvgIpc) is 3.10. The van der Waals surface area contributed by atoms with E-state index in [0.717, 1.165) is 30.9 Å². The van der Waals surface area contributed by atoms with E-state index < -0.39 is 0 Å². The van der Waals surface area contributed by atoms with E-state index in [1.54, 1.807) is 0 Å². The van der Waals surface area contributed by atoms with Crippen molar-refractivity contribution in [3.8, 4) is 0 Å². The fraction of sp³-hybridized carbons (Fsp3) is 0.389. The maximum atomic E-state index is 12.3. The lowest BCUT2D eigenvalue weighted by Gasteiger charge is -2.35. The first-order valence-electron chi connectivity index (χ1n) is 8.49. The van der Waals surface area contributed by atoms with Crippen molar-refractivity contribution in [2.45, 2.75) is 38.4 Å². The summed E-state index contributed by atoms with van der Waals surface area (Å²) >= 11 is 0. The van der Waals surface area contributed by atoms with Crippen LogP contribution in [0.2, 0.25) is 0 Å². The molecular formula is C18H21N5O. The molecule has 0 radical (unpaired) electrons. The first-order valence-corrected chi connectivity index (χ1v) is 8.49. The average molecular weight is 323 g/mol. The molecule has 3 aromatic rings. The summed E-state index contributed by atoms with van der Waals surface area (Å²) in [6, 6.07) is 9.87. The highest BCUT2D eigenvalue weighted by molar-refractivity contribution is 5.77. The summed E-state index contributed by atoms with van der Waals surface area (Å²) in [5.41, 5.74) is 0.702. The number of nitrogens with zero attached hydrogens (tertiary/aromatic N) is 4. The van der Waals surface area contributed by atoms with Gasteiger partial charge in [-0.05, 0) is 37.6 Å². The van der Waals surface area contributed by atoms with E-state index in [1.807, 2.05) is 47.4 Å². The van der Waals surface area contributed by atoms with Crippen LogP contribution in [0.3, 0.4) is 0 Å². The third-order valence-electron chi connectivity index (χ3n) is 4.72. The standard InChI is InChI=1S/C18H21N5O/c24-18-15-7-1-2-8-16(15)20-17(21-18)13-22-10-4-3-6-14(22)12-23-11-5-9-19-23/h1-2,5,7-9,11,14H,3-4,6,10,12-13H2,(H,20,21,24). The summed E-state index contributed by atoms with van der Waals surface area (Å²) in [5, 5.41) is 4.97. The smallest absolute Gasteiger partial charge is 0.258 e. The highest BCUT2D eigenvalue weighted by Gasteiger charge is 2.23. The number of piperidine rings is 1. The van der Waals surface area contributed by atoms with E-state index in [2.05, 4.69) is 20.0 Å². The van der Waals surface area contributed by atoms with Gasteiger partial charge in [0.2, 0.25) is 0 Å². The van der Waals surface area contributed by atoms with Gasteiger partial charge in [-0.3, -0.25) is 14.4 Å². The summed E-state index contributed by atoms with van der Waals surface area (Å²) in [7, 11) is 0. The van der Waals surface area contributed by atoms with Crippen LogP contribution in [0.25, 0.3) is 10.9 Å². The second-order valence-corrected chi connectivity index (χ2v) is 6.38. The second-order valence-electron chi connectivity index (χ2n) is 6.38. The SMILES string of the molecule is O=c1[nH]c(CN2CCCCC2Cn2cccn2)nc2ccccc12. The molecule has 6 heteroatoms. The topological polar surface area (TPSA) is 66.8 Å². The summed E-state index contributed by atoms with van der Waals surface area (Å²) in [5.74, 6) is 0.742. The first-order chi connectivity index (χ1) is 11.8. The van der Waals surface area contributed by atoms with Gasteiger partial charge in [0.15, 0.2) is 0 Å². The molecule has 1 aromatic carbocycles. The molecule has 2 aromatic heterocycles. The quantitative estimate of drug-likeness (QED) is 0.799. The lowest BCUT2D eigenvalue weighted by Crippen LogP contribution is -2.42. The van der Waals surface area contributed by atoms with Gasteiger partial charge < -0.3 is 4.98 Å². The van der Waals surface area contributed by atoms with Gasteiger partial charge in [-0.15, -0.1) is 0 Å². The van der Waals surface area contributed by atoms with Gasteiger partial charge >= 0.3 is 0 Å². The van der Waals surface area contributed by atoms with Gasteiger partial charge in [0.1, 0.15) is 5.82 Å². The van der Waals surface area contributed by atoms with Crippen LogP contribution in [-0.2, 0) is 13.1 Å². The number of hydrogen-bond donors (Lipinski definition) is 1. The van der Waals surface area contributed by atoms with Crippen LogP contribution >= 0.6 is 0 Å². The Morgan fingerprint density at radius 1 is 1.21 bits per heavy atom. The zero-order valence-corrected chi connectivity index (χ0v) is 13.6. The minimum absolute atomic E-state index is 0.0590.